The molecule has 4 N–H and O–H groups in total. The number of ether oxygens (including phenoxy) is 1. The van der Waals surface area contributed by atoms with Crippen molar-refractivity contribution in [3.63, 3.8) is 0 Å². The maximum atomic E-state index is 12.5. The normalized spacial score (nSPS) is 11.5. The van der Waals surface area contributed by atoms with Crippen molar-refractivity contribution >= 4 is 90.5 Å². The minimum Gasteiger partial charge on any atom is -0.481 e. The van der Waals surface area contributed by atoms with Gasteiger partial charge in [-0.2, -0.15) is 0 Å². The summed E-state index contributed by atoms with van der Waals surface area (Å²) in [6.07, 6.45) is 48.1. The molecule has 4 amide bonds. The number of anilines is 4. The van der Waals surface area contributed by atoms with Crippen LogP contribution in [0, 0.1) is 20.8 Å². The van der Waals surface area contributed by atoms with Gasteiger partial charge in [0, 0.05) is 277 Å². The number of aromatic nitrogens is 15. The molecular formula is C101H105N23O5. The number of aromatic amines is 4. The molecule has 0 radical (unpaired) electrons. The van der Waals surface area contributed by atoms with Gasteiger partial charge in [0.25, 0.3) is 0 Å². The van der Waals surface area contributed by atoms with Crippen molar-refractivity contribution in [1.29, 1.82) is 0 Å². The number of nitrogens with zero attached hydrogens (tertiary/aromatic N) is 19. The first-order valence-corrected chi connectivity index (χ1v) is 41.7. The molecule has 16 rings (SSSR count). The Kier molecular flexibility index (Phi) is 30.0. The molecule has 28 nitrogen and oxygen atoms in total. The third-order valence-corrected chi connectivity index (χ3v) is 21.1. The fraction of sp³-hybridized carbons (Fsp3) is 0.198. The van der Waals surface area contributed by atoms with E-state index < -0.39 is 0 Å². The number of amides is 4. The second kappa shape index (κ2) is 42.5. The topological polar surface area (TPSA) is 308 Å². The summed E-state index contributed by atoms with van der Waals surface area (Å²) < 4.78 is 5.26. The van der Waals surface area contributed by atoms with Gasteiger partial charge in [-0.25, -0.2) is 24.9 Å². The third kappa shape index (κ3) is 23.4. The van der Waals surface area contributed by atoms with Crippen LogP contribution >= 0.6 is 0 Å². The number of rotatable bonds is 25. The molecule has 0 bridgehead atoms. The molecule has 0 saturated carbocycles. The molecule has 15 heterocycles. The Morgan fingerprint density at radius 2 is 0.574 bits per heavy atom. The molecule has 654 valence electrons. The van der Waals surface area contributed by atoms with Crippen molar-refractivity contribution in [1.82, 2.24) is 94.4 Å². The van der Waals surface area contributed by atoms with Gasteiger partial charge in [-0.05, 0) is 178 Å². The van der Waals surface area contributed by atoms with Crippen LogP contribution in [0.25, 0.3) is 133 Å². The second-order valence-corrected chi connectivity index (χ2v) is 32.1. The van der Waals surface area contributed by atoms with E-state index in [9.17, 15) is 19.2 Å². The van der Waals surface area contributed by atoms with Crippen LogP contribution in [-0.2, 0) is 19.2 Å². The monoisotopic (exact) mass is 1720 g/mol. The van der Waals surface area contributed by atoms with E-state index in [2.05, 4.69) is 142 Å². The highest BCUT2D eigenvalue weighted by Crippen LogP contribution is 2.38. The Morgan fingerprint density at radius 1 is 0.302 bits per heavy atom. The molecule has 15 aromatic heterocycles. The first-order chi connectivity index (χ1) is 62.2. The Hall–Kier alpha value is -15.5. The zero-order valence-electron chi connectivity index (χ0n) is 75.3. The van der Waals surface area contributed by atoms with Gasteiger partial charge in [0.15, 0.2) is 0 Å². The third-order valence-electron chi connectivity index (χ3n) is 21.1. The van der Waals surface area contributed by atoms with Crippen molar-refractivity contribution in [2.45, 2.75) is 20.8 Å². The van der Waals surface area contributed by atoms with E-state index in [1.807, 2.05) is 218 Å². The van der Waals surface area contributed by atoms with Crippen LogP contribution in [0.2, 0.25) is 0 Å². The van der Waals surface area contributed by atoms with Gasteiger partial charge in [0.05, 0.1) is 54.6 Å². The molecule has 0 saturated heterocycles. The lowest BCUT2D eigenvalue weighted by atomic mass is 10.0. The molecular weight excluding hydrogens is 1620 g/mol. The van der Waals surface area contributed by atoms with Gasteiger partial charge >= 0.3 is 0 Å². The average molecular weight is 1720 g/mol. The number of aryl methyl sites for hydroxylation is 3. The summed E-state index contributed by atoms with van der Waals surface area (Å²) >= 11 is 0. The fourth-order valence-corrected chi connectivity index (χ4v) is 14.0. The number of H-pyrrole nitrogens is 4. The van der Waals surface area contributed by atoms with Crippen molar-refractivity contribution in [2.75, 3.05) is 137 Å². The van der Waals surface area contributed by atoms with E-state index in [-0.39, 0.29) is 23.6 Å². The average Bonchev–Trinajstić information content (AvgIpc) is 1.70. The van der Waals surface area contributed by atoms with Crippen molar-refractivity contribution in [2.24, 2.45) is 0 Å². The number of nitrogens with one attached hydrogen (secondary N) is 4. The first kappa shape index (κ1) is 91.2. The van der Waals surface area contributed by atoms with E-state index in [4.69, 9.17) is 4.74 Å². The van der Waals surface area contributed by atoms with Crippen LogP contribution in [0.15, 0.2) is 276 Å². The van der Waals surface area contributed by atoms with E-state index in [0.29, 0.717) is 37.7 Å². The van der Waals surface area contributed by atoms with E-state index in [1.54, 1.807) is 141 Å². The minimum absolute atomic E-state index is 0.0910. The lowest BCUT2D eigenvalue weighted by molar-refractivity contribution is -0.114. The lowest BCUT2D eigenvalue weighted by Gasteiger charge is -2.16. The molecule has 0 aliphatic carbocycles. The minimum atomic E-state index is -0.107. The van der Waals surface area contributed by atoms with Crippen molar-refractivity contribution < 1.29 is 23.9 Å². The number of methoxy groups -OCH3 is 1. The molecule has 129 heavy (non-hydrogen) atoms. The molecule has 16 aromatic rings. The number of likely N-dealkylation sites (N-methyl/N-ethyl adjacent to an activating group) is 8. The Morgan fingerprint density at radius 3 is 0.845 bits per heavy atom. The van der Waals surface area contributed by atoms with Gasteiger partial charge in [0.2, 0.25) is 29.5 Å². The molecule has 28 heteroatoms. The standard InChI is InChI=1S/C26H27N5O.C25H26N6O2.2C25H26N6O/c1-18-7-5-8-19(11-18)24-17-29-26-23(24)13-21(15-28-26)20-12-22(16-27-14-20)31(4)25(32)9-6-10-30(2)3;1-30(2)9-5-6-24(32)31(3)20-10-18(13-26-15-20)19-11-21-22(16-29-25(21)28-14-19)17-7-8-27-23(12-17)33-4;2*1-17-10-18(7-8-27-17)23-16-29-25-22(23)12-20(14-28-25)19-11-21(15-26-13-19)31(4)24(32)6-5-9-30(2)3/h5-9,11-17H,10H2,1-4H3,(H,28,29);5-8,10-16H,9H2,1-4H3,(H,28,29);2*5-8,10-16H,9H2,1-4H3,(H,28,29)/b9-6+;3*6-5+. The van der Waals surface area contributed by atoms with Crippen LogP contribution in [0.1, 0.15) is 17.0 Å². The Balaban J connectivity index is 0.000000147. The summed E-state index contributed by atoms with van der Waals surface area (Å²) in [7, 11) is 24.3. The number of fused-ring (bicyclic) bond motifs is 4. The summed E-state index contributed by atoms with van der Waals surface area (Å²) in [5.74, 6) is 0.159. The van der Waals surface area contributed by atoms with Crippen LogP contribution in [-0.4, -0.2) is 236 Å². The highest BCUT2D eigenvalue weighted by Gasteiger charge is 2.20. The number of carbonyl (C=O) groups excluding carboxylic acids is 4. The largest absolute Gasteiger partial charge is 0.481 e. The predicted octanol–water partition coefficient (Wildman–Crippen LogP) is 16.6. The smallest absolute Gasteiger partial charge is 0.250 e. The van der Waals surface area contributed by atoms with E-state index in [1.165, 1.54) is 5.56 Å². The Labute approximate surface area is 750 Å². The number of hydrogen-bond acceptors (Lipinski definition) is 20. The second-order valence-electron chi connectivity index (χ2n) is 32.1. The summed E-state index contributed by atoms with van der Waals surface area (Å²) in [6, 6.07) is 36.6. The van der Waals surface area contributed by atoms with Gasteiger partial charge in [-0.3, -0.25) is 49.1 Å². The molecule has 0 atom stereocenters. The summed E-state index contributed by atoms with van der Waals surface area (Å²) in [6.45, 7) is 8.88. The highest BCUT2D eigenvalue weighted by molar-refractivity contribution is 6.05. The molecule has 0 aliphatic rings. The van der Waals surface area contributed by atoms with Gasteiger partial charge in [0.1, 0.15) is 22.6 Å². The molecule has 0 spiro atoms. The van der Waals surface area contributed by atoms with Crippen molar-refractivity contribution in [3.8, 4) is 94.9 Å². The van der Waals surface area contributed by atoms with Crippen molar-refractivity contribution in [3.05, 3.63) is 292 Å². The highest BCUT2D eigenvalue weighted by atomic mass is 16.5. The SMILES string of the molecule is COc1cc(-c2c[nH]c3ncc(-c4cncc(N(C)C(=O)/C=C/CN(C)C)c4)cc23)ccn1.Cc1cc(-c2c[nH]c3ncc(-c4cncc(N(C)C(=O)/C=C/CN(C)C)c4)cc23)ccn1.Cc1cc(-c2c[nH]c3ncc(-c4cncc(N(C)C(=O)/C=C/CN(C)C)c4)cc23)ccn1.Cc1cccc(-c2c[nH]c3ncc(-c4cncc(N(C)C(=O)/C=C/CN(C)C)c4)cc23)c1. The van der Waals surface area contributed by atoms with Crippen LogP contribution in [0.5, 0.6) is 5.88 Å². The van der Waals surface area contributed by atoms with Gasteiger partial charge in [-0.15, -0.1) is 0 Å². The van der Waals surface area contributed by atoms with Crippen LogP contribution in [0.4, 0.5) is 22.7 Å². The number of carbonyl (C=O) groups is 4. The van der Waals surface area contributed by atoms with Crippen LogP contribution in [0.3, 0.4) is 0 Å². The molecule has 1 aromatic carbocycles. The molecule has 0 aliphatic heterocycles. The number of pyridine rings is 11. The number of benzene rings is 1. The Bertz CT molecular complexity index is 6320. The van der Waals surface area contributed by atoms with E-state index >= 15 is 0 Å². The summed E-state index contributed by atoms with van der Waals surface area (Å²) in [4.78, 5) is 126. The zero-order valence-corrected chi connectivity index (χ0v) is 75.3. The van der Waals surface area contributed by atoms with E-state index in [0.717, 1.165) is 162 Å². The summed E-state index contributed by atoms with van der Waals surface area (Å²) in [5, 5.41) is 4.07. The van der Waals surface area contributed by atoms with Gasteiger partial charge in [-0.1, -0.05) is 54.1 Å². The molecule has 0 unspecified atom stereocenters. The fourth-order valence-electron chi connectivity index (χ4n) is 14.0. The van der Waals surface area contributed by atoms with Gasteiger partial charge < -0.3 is 63.9 Å². The lowest BCUT2D eigenvalue weighted by Crippen LogP contribution is -2.24. The maximum Gasteiger partial charge on any atom is 0.250 e. The quantitative estimate of drug-likeness (QED) is 0.0386. The maximum absolute atomic E-state index is 12.5. The zero-order chi connectivity index (χ0) is 91.4. The molecule has 0 fully saturated rings. The predicted molar refractivity (Wildman–Crippen MR) is 518 cm³/mol. The summed E-state index contributed by atoms with van der Waals surface area (Å²) in [5.41, 5.74) is 25.1. The first-order valence-electron chi connectivity index (χ1n) is 41.7. The van der Waals surface area contributed by atoms with Crippen LogP contribution < -0.4 is 24.3 Å². The number of hydrogen-bond donors (Lipinski definition) is 4.